The maximum Gasteiger partial charge on any atom is 0.416 e. The lowest BCUT2D eigenvalue weighted by Crippen LogP contribution is -2.38. The van der Waals surface area contributed by atoms with Gasteiger partial charge in [-0.2, -0.15) is 17.9 Å². The van der Waals surface area contributed by atoms with Crippen molar-refractivity contribution in [2.75, 3.05) is 5.32 Å². The van der Waals surface area contributed by atoms with Gasteiger partial charge < -0.3 is 10.1 Å². The smallest absolute Gasteiger partial charge is 0.416 e. The number of carbonyl (C=O) groups is 1. The third kappa shape index (κ3) is 4.86. The van der Waals surface area contributed by atoms with Crippen molar-refractivity contribution in [3.63, 3.8) is 0 Å². The van der Waals surface area contributed by atoms with Crippen LogP contribution in [0.1, 0.15) is 38.8 Å². The summed E-state index contributed by atoms with van der Waals surface area (Å²) in [5.74, 6) is -0.554. The summed E-state index contributed by atoms with van der Waals surface area (Å²) in [5.41, 5.74) is 1.42. The Labute approximate surface area is 188 Å². The normalized spacial score (nSPS) is 17.0. The molecule has 0 fully saturated rings. The first kappa shape index (κ1) is 22.8. The number of benzene rings is 3. The van der Waals surface area contributed by atoms with Gasteiger partial charge in [0.15, 0.2) is 0 Å². The Morgan fingerprint density at radius 1 is 1.03 bits per heavy atom. The van der Waals surface area contributed by atoms with E-state index in [9.17, 15) is 26.4 Å². The van der Waals surface area contributed by atoms with Gasteiger partial charge in [-0.1, -0.05) is 36.4 Å². The van der Waals surface area contributed by atoms with Gasteiger partial charge >= 0.3 is 12.1 Å². The number of hydrogen-bond acceptors (Lipinski definition) is 5. The predicted molar refractivity (Wildman–Crippen MR) is 115 cm³/mol. The highest BCUT2D eigenvalue weighted by Crippen LogP contribution is 2.37. The Bertz CT molecular complexity index is 1310. The molecule has 0 aromatic heterocycles. The van der Waals surface area contributed by atoms with E-state index in [2.05, 4.69) is 10.0 Å². The van der Waals surface area contributed by atoms with Crippen LogP contribution in [-0.4, -0.2) is 14.4 Å². The minimum atomic E-state index is -4.61. The molecule has 172 valence electrons. The fraction of sp³-hybridized carbons (Fsp3) is 0.174. The summed E-state index contributed by atoms with van der Waals surface area (Å²) >= 11 is 0. The summed E-state index contributed by atoms with van der Waals surface area (Å²) in [7, 11) is -4.04. The molecule has 0 spiro atoms. The third-order valence-corrected chi connectivity index (χ3v) is 6.75. The molecule has 1 atom stereocenters. The van der Waals surface area contributed by atoms with Gasteiger partial charge in [-0.3, -0.25) is 0 Å². The largest absolute Gasteiger partial charge is 0.457 e. The molecular formula is C23H19F3N2O4S. The van der Waals surface area contributed by atoms with E-state index in [-0.39, 0.29) is 22.8 Å². The summed E-state index contributed by atoms with van der Waals surface area (Å²) in [4.78, 5) is 12.1. The van der Waals surface area contributed by atoms with E-state index in [0.29, 0.717) is 5.56 Å². The fourth-order valence-electron chi connectivity index (χ4n) is 3.42. The van der Waals surface area contributed by atoms with Crippen molar-refractivity contribution in [2.45, 2.75) is 30.8 Å². The lowest BCUT2D eigenvalue weighted by atomic mass is 10.1. The van der Waals surface area contributed by atoms with Gasteiger partial charge in [0.1, 0.15) is 17.7 Å². The number of sulfonamides is 1. The standard InChI is InChI=1S/C23H19F3N2O4S/c1-14-4-2-3-5-17(14)13-32-22(29)16-8-6-15(7-9-16)21-27-19-12-18(23(24,25)26)10-11-20(19)33(30,31)28-21/h2-12,21,27-28H,13H2,1H3. The Balaban J connectivity index is 1.51. The van der Waals surface area contributed by atoms with Crippen LogP contribution >= 0.6 is 0 Å². The first-order valence-electron chi connectivity index (χ1n) is 9.86. The van der Waals surface area contributed by atoms with Crippen LogP contribution in [-0.2, 0) is 27.5 Å². The van der Waals surface area contributed by atoms with Crippen molar-refractivity contribution in [2.24, 2.45) is 0 Å². The van der Waals surface area contributed by atoms with Crippen molar-refractivity contribution in [1.29, 1.82) is 0 Å². The molecule has 0 radical (unpaired) electrons. The first-order valence-corrected chi connectivity index (χ1v) is 11.3. The summed E-state index contributed by atoms with van der Waals surface area (Å²) in [5, 5.41) is 2.78. The number of esters is 1. The molecular weight excluding hydrogens is 457 g/mol. The average molecular weight is 476 g/mol. The number of nitrogens with one attached hydrogen (secondary N) is 2. The van der Waals surface area contributed by atoms with Crippen molar-refractivity contribution in [3.8, 4) is 0 Å². The Kier molecular flexibility index (Phi) is 5.89. The molecule has 0 amide bonds. The number of anilines is 1. The van der Waals surface area contributed by atoms with Crippen LogP contribution in [0, 0.1) is 6.92 Å². The zero-order valence-electron chi connectivity index (χ0n) is 17.3. The topological polar surface area (TPSA) is 84.5 Å². The molecule has 0 bridgehead atoms. The highest BCUT2D eigenvalue weighted by Gasteiger charge is 2.35. The summed E-state index contributed by atoms with van der Waals surface area (Å²) in [6, 6.07) is 15.8. The second-order valence-corrected chi connectivity index (χ2v) is 9.21. The van der Waals surface area contributed by atoms with E-state index >= 15 is 0 Å². The molecule has 10 heteroatoms. The quantitative estimate of drug-likeness (QED) is 0.530. The Hall–Kier alpha value is -3.37. The van der Waals surface area contributed by atoms with Gasteiger partial charge in [0.25, 0.3) is 0 Å². The van der Waals surface area contributed by atoms with E-state index < -0.39 is 33.9 Å². The Morgan fingerprint density at radius 2 is 1.73 bits per heavy atom. The minimum absolute atomic E-state index is 0.107. The number of ether oxygens (including phenoxy) is 1. The highest BCUT2D eigenvalue weighted by atomic mass is 32.2. The maximum atomic E-state index is 13.0. The van der Waals surface area contributed by atoms with E-state index in [1.807, 2.05) is 31.2 Å². The van der Waals surface area contributed by atoms with Gasteiger partial charge in [0.2, 0.25) is 10.0 Å². The minimum Gasteiger partial charge on any atom is -0.457 e. The molecule has 1 heterocycles. The zero-order chi connectivity index (χ0) is 23.8. The van der Waals surface area contributed by atoms with Crippen LogP contribution in [0.5, 0.6) is 0 Å². The highest BCUT2D eigenvalue weighted by molar-refractivity contribution is 7.89. The second-order valence-electron chi connectivity index (χ2n) is 7.53. The molecule has 6 nitrogen and oxygen atoms in total. The van der Waals surface area contributed by atoms with Crippen LogP contribution in [0.3, 0.4) is 0 Å². The first-order chi connectivity index (χ1) is 15.5. The molecule has 1 unspecified atom stereocenters. The van der Waals surface area contributed by atoms with Crippen molar-refractivity contribution >= 4 is 21.7 Å². The van der Waals surface area contributed by atoms with Gasteiger partial charge in [0, 0.05) is 0 Å². The van der Waals surface area contributed by atoms with Crippen LogP contribution < -0.4 is 10.0 Å². The second kappa shape index (κ2) is 8.53. The Morgan fingerprint density at radius 3 is 2.39 bits per heavy atom. The molecule has 0 aliphatic carbocycles. The SMILES string of the molecule is Cc1ccccc1COC(=O)c1ccc(C2Nc3cc(C(F)(F)F)ccc3S(=O)(=O)N2)cc1. The number of fused-ring (bicyclic) bond motifs is 1. The molecule has 2 N–H and O–H groups in total. The molecule has 0 saturated carbocycles. The molecule has 3 aromatic rings. The van der Waals surface area contributed by atoms with Gasteiger partial charge in [-0.25, -0.2) is 13.2 Å². The predicted octanol–water partition coefficient (Wildman–Crippen LogP) is 4.77. The number of rotatable bonds is 4. The molecule has 3 aromatic carbocycles. The maximum absolute atomic E-state index is 13.0. The number of alkyl halides is 3. The van der Waals surface area contributed by atoms with E-state index in [1.165, 1.54) is 24.3 Å². The molecule has 33 heavy (non-hydrogen) atoms. The van der Waals surface area contributed by atoms with Crippen LogP contribution in [0.4, 0.5) is 18.9 Å². The summed E-state index contributed by atoms with van der Waals surface area (Å²) < 4.78 is 71.9. The van der Waals surface area contributed by atoms with E-state index in [4.69, 9.17) is 4.74 Å². The molecule has 1 aliphatic heterocycles. The molecule has 4 rings (SSSR count). The number of aryl methyl sites for hydroxylation is 1. The van der Waals surface area contributed by atoms with Crippen molar-refractivity contribution in [1.82, 2.24) is 4.72 Å². The summed E-state index contributed by atoms with van der Waals surface area (Å²) in [6.07, 6.45) is -5.62. The zero-order valence-corrected chi connectivity index (χ0v) is 18.1. The lowest BCUT2D eigenvalue weighted by Gasteiger charge is -2.29. The van der Waals surface area contributed by atoms with Crippen molar-refractivity contribution in [3.05, 3.63) is 94.5 Å². The van der Waals surface area contributed by atoms with E-state index in [0.717, 1.165) is 29.3 Å². The summed E-state index contributed by atoms with van der Waals surface area (Å²) in [6.45, 7) is 2.02. The van der Waals surface area contributed by atoms with Gasteiger partial charge in [-0.15, -0.1) is 0 Å². The van der Waals surface area contributed by atoms with Gasteiger partial charge in [0.05, 0.1) is 16.8 Å². The van der Waals surface area contributed by atoms with Crippen LogP contribution in [0.25, 0.3) is 0 Å². The van der Waals surface area contributed by atoms with Gasteiger partial charge in [-0.05, 0) is 53.9 Å². The third-order valence-electron chi connectivity index (χ3n) is 5.27. The number of halogens is 3. The molecule has 1 aliphatic rings. The van der Waals surface area contributed by atoms with Crippen LogP contribution in [0.2, 0.25) is 0 Å². The monoisotopic (exact) mass is 476 g/mol. The number of carbonyl (C=O) groups excluding carboxylic acids is 1. The van der Waals surface area contributed by atoms with Crippen LogP contribution in [0.15, 0.2) is 71.6 Å². The lowest BCUT2D eigenvalue weighted by molar-refractivity contribution is -0.137. The number of hydrogen-bond donors (Lipinski definition) is 2. The fourth-order valence-corrected chi connectivity index (χ4v) is 4.71. The van der Waals surface area contributed by atoms with E-state index in [1.54, 1.807) is 0 Å². The molecule has 0 saturated heterocycles. The van der Waals surface area contributed by atoms with Crippen molar-refractivity contribution < 1.29 is 31.1 Å². The average Bonchev–Trinajstić information content (AvgIpc) is 2.77.